The van der Waals surface area contributed by atoms with Gasteiger partial charge in [-0.1, -0.05) is 23.5 Å². The summed E-state index contributed by atoms with van der Waals surface area (Å²) in [6.07, 6.45) is 4.69. The molecule has 10 heteroatoms. The van der Waals surface area contributed by atoms with Gasteiger partial charge in [0.1, 0.15) is 5.82 Å². The lowest BCUT2D eigenvalue weighted by Crippen LogP contribution is -2.38. The summed E-state index contributed by atoms with van der Waals surface area (Å²) in [4.78, 5) is 36.2. The Morgan fingerprint density at radius 3 is 2.68 bits per heavy atom. The lowest BCUT2D eigenvalue weighted by atomic mass is 10.4. The summed E-state index contributed by atoms with van der Waals surface area (Å²) in [6, 6.07) is 0.501. The molecule has 0 unspecified atom stereocenters. The zero-order valence-electron chi connectivity index (χ0n) is 13.6. The Morgan fingerprint density at radius 1 is 1.24 bits per heavy atom. The molecule has 1 aliphatic heterocycles. The van der Waals surface area contributed by atoms with Gasteiger partial charge in [-0.3, -0.25) is 19.3 Å². The van der Waals surface area contributed by atoms with Gasteiger partial charge in [0.2, 0.25) is 11.8 Å². The Hall–Kier alpha value is -1.55. The molecular formula is C15H19N5O3S2. The smallest absolute Gasteiger partial charge is 0.288 e. The van der Waals surface area contributed by atoms with Gasteiger partial charge in [-0.05, 0) is 25.7 Å². The van der Waals surface area contributed by atoms with Gasteiger partial charge >= 0.3 is 0 Å². The number of aromatic nitrogens is 3. The SMILES string of the molecule is O=C(CSc1nnc(C2CC2)n1C1CC1)NCCN1C(=O)CSC1=O. The normalized spacial score (nSPS) is 20.4. The van der Waals surface area contributed by atoms with Crippen molar-refractivity contribution in [1.82, 2.24) is 25.0 Å². The average molecular weight is 381 g/mol. The third-order valence-corrected chi connectivity index (χ3v) is 6.18. The van der Waals surface area contributed by atoms with Gasteiger partial charge in [0, 0.05) is 25.0 Å². The standard InChI is InChI=1S/C15H19N5O3S2/c21-11(16-5-6-19-12(22)8-25-15(19)23)7-24-14-18-17-13(9-1-2-9)20(14)10-3-4-10/h9-10H,1-8H2,(H,16,21). The van der Waals surface area contributed by atoms with Crippen LogP contribution in [0.5, 0.6) is 0 Å². The molecule has 0 aromatic carbocycles. The van der Waals surface area contributed by atoms with Crippen molar-refractivity contribution in [1.29, 1.82) is 0 Å². The number of hydrogen-bond donors (Lipinski definition) is 1. The number of carbonyl (C=O) groups is 3. The topological polar surface area (TPSA) is 97.2 Å². The fraction of sp³-hybridized carbons (Fsp3) is 0.667. The van der Waals surface area contributed by atoms with E-state index in [1.54, 1.807) is 0 Å². The highest BCUT2D eigenvalue weighted by Crippen LogP contribution is 2.45. The van der Waals surface area contributed by atoms with Gasteiger partial charge in [0.15, 0.2) is 5.16 Å². The van der Waals surface area contributed by atoms with Crippen molar-refractivity contribution in [3.05, 3.63) is 5.82 Å². The number of nitrogens with zero attached hydrogens (tertiary/aromatic N) is 4. The molecule has 0 radical (unpaired) electrons. The summed E-state index contributed by atoms with van der Waals surface area (Å²) in [7, 11) is 0. The maximum Gasteiger partial charge on any atom is 0.288 e. The largest absolute Gasteiger partial charge is 0.354 e. The molecule has 8 nitrogen and oxygen atoms in total. The molecule has 134 valence electrons. The Kier molecular flexibility index (Phi) is 4.72. The zero-order chi connectivity index (χ0) is 17.4. The molecule has 4 rings (SSSR count). The first-order chi connectivity index (χ1) is 12.1. The third kappa shape index (κ3) is 3.84. The first-order valence-corrected chi connectivity index (χ1v) is 10.4. The molecule has 3 aliphatic rings. The van der Waals surface area contributed by atoms with Gasteiger partial charge in [0.25, 0.3) is 5.24 Å². The lowest BCUT2D eigenvalue weighted by Gasteiger charge is -2.13. The maximum atomic E-state index is 12.0. The maximum absolute atomic E-state index is 12.0. The van der Waals surface area contributed by atoms with E-state index >= 15 is 0 Å². The van der Waals surface area contributed by atoms with E-state index < -0.39 is 0 Å². The van der Waals surface area contributed by atoms with Crippen LogP contribution < -0.4 is 5.32 Å². The molecule has 1 aromatic rings. The number of thioether (sulfide) groups is 2. The summed E-state index contributed by atoms with van der Waals surface area (Å²) in [5, 5.41) is 11.9. The van der Waals surface area contributed by atoms with Crippen LogP contribution in [-0.2, 0) is 9.59 Å². The van der Waals surface area contributed by atoms with Gasteiger partial charge in [-0.25, -0.2) is 0 Å². The number of hydrogen-bond acceptors (Lipinski definition) is 7. The molecule has 2 aliphatic carbocycles. The van der Waals surface area contributed by atoms with E-state index in [0.29, 0.717) is 12.0 Å². The van der Waals surface area contributed by atoms with E-state index in [0.717, 1.165) is 35.6 Å². The molecule has 0 atom stereocenters. The number of imide groups is 1. The quantitative estimate of drug-likeness (QED) is 0.680. The fourth-order valence-corrected chi connectivity index (χ4v) is 4.36. The molecule has 3 amide bonds. The summed E-state index contributed by atoms with van der Waals surface area (Å²) in [6.45, 7) is 0.505. The van der Waals surface area contributed by atoms with Crippen LogP contribution in [0.3, 0.4) is 0 Å². The molecule has 0 spiro atoms. The van der Waals surface area contributed by atoms with Gasteiger partial charge in [-0.2, -0.15) is 0 Å². The number of carbonyl (C=O) groups excluding carboxylic acids is 3. The van der Waals surface area contributed by atoms with Crippen molar-refractivity contribution >= 4 is 40.6 Å². The molecule has 1 saturated heterocycles. The van der Waals surface area contributed by atoms with E-state index in [4.69, 9.17) is 0 Å². The second kappa shape index (κ2) is 6.99. The van der Waals surface area contributed by atoms with Crippen LogP contribution >= 0.6 is 23.5 Å². The predicted octanol–water partition coefficient (Wildman–Crippen LogP) is 1.39. The van der Waals surface area contributed by atoms with Crippen molar-refractivity contribution in [2.45, 2.75) is 42.8 Å². The summed E-state index contributed by atoms with van der Waals surface area (Å²) < 4.78 is 2.22. The molecule has 1 aromatic heterocycles. The number of amides is 3. The second-order valence-electron chi connectivity index (χ2n) is 6.45. The molecule has 2 saturated carbocycles. The molecule has 3 fully saturated rings. The molecule has 25 heavy (non-hydrogen) atoms. The van der Waals surface area contributed by atoms with Crippen LogP contribution in [0, 0.1) is 0 Å². The van der Waals surface area contributed by atoms with Crippen LogP contribution in [0.25, 0.3) is 0 Å². The van der Waals surface area contributed by atoms with Gasteiger partial charge < -0.3 is 9.88 Å². The summed E-state index contributed by atoms with van der Waals surface area (Å²) in [5.74, 6) is 1.76. The first kappa shape index (κ1) is 16.9. The van der Waals surface area contributed by atoms with Crippen LogP contribution in [0.1, 0.15) is 43.5 Å². The van der Waals surface area contributed by atoms with Crippen molar-refractivity contribution in [3.63, 3.8) is 0 Å². The average Bonchev–Trinajstić information content (AvgIpc) is 3.52. The highest BCUT2D eigenvalue weighted by atomic mass is 32.2. The van der Waals surface area contributed by atoms with Gasteiger partial charge in [0.05, 0.1) is 11.5 Å². The Labute approximate surface area is 153 Å². The Balaban J connectivity index is 1.25. The van der Waals surface area contributed by atoms with Crippen LogP contribution in [-0.4, -0.2) is 61.3 Å². The van der Waals surface area contributed by atoms with Crippen LogP contribution in [0.15, 0.2) is 5.16 Å². The molecular weight excluding hydrogens is 362 g/mol. The minimum Gasteiger partial charge on any atom is -0.354 e. The van der Waals surface area contributed by atoms with Crippen molar-refractivity contribution in [3.8, 4) is 0 Å². The Bertz CT molecular complexity index is 698. The summed E-state index contributed by atoms with van der Waals surface area (Å²) in [5.41, 5.74) is 0. The van der Waals surface area contributed by atoms with E-state index in [2.05, 4.69) is 20.1 Å². The number of nitrogens with one attached hydrogen (secondary N) is 1. The third-order valence-electron chi connectivity index (χ3n) is 4.38. The zero-order valence-corrected chi connectivity index (χ0v) is 15.3. The van der Waals surface area contributed by atoms with Crippen molar-refractivity contribution < 1.29 is 14.4 Å². The minimum atomic E-state index is -0.237. The first-order valence-electron chi connectivity index (χ1n) is 8.45. The Morgan fingerprint density at radius 2 is 2.04 bits per heavy atom. The van der Waals surface area contributed by atoms with E-state index in [1.165, 1.54) is 29.5 Å². The van der Waals surface area contributed by atoms with E-state index in [1.807, 2.05) is 0 Å². The summed E-state index contributed by atoms with van der Waals surface area (Å²) >= 11 is 2.40. The molecule has 1 N–H and O–H groups in total. The lowest BCUT2D eigenvalue weighted by molar-refractivity contribution is -0.125. The fourth-order valence-electron chi connectivity index (χ4n) is 2.77. The molecule has 0 bridgehead atoms. The number of rotatable bonds is 8. The minimum absolute atomic E-state index is 0.130. The van der Waals surface area contributed by atoms with Crippen LogP contribution in [0.4, 0.5) is 4.79 Å². The van der Waals surface area contributed by atoms with E-state index in [-0.39, 0.29) is 41.6 Å². The predicted molar refractivity (Wildman–Crippen MR) is 93.6 cm³/mol. The molecule has 2 heterocycles. The highest BCUT2D eigenvalue weighted by molar-refractivity contribution is 8.14. The highest BCUT2D eigenvalue weighted by Gasteiger charge is 2.36. The van der Waals surface area contributed by atoms with Crippen molar-refractivity contribution in [2.24, 2.45) is 0 Å². The van der Waals surface area contributed by atoms with Gasteiger partial charge in [-0.15, -0.1) is 10.2 Å². The monoisotopic (exact) mass is 381 g/mol. The second-order valence-corrected chi connectivity index (χ2v) is 8.32. The van der Waals surface area contributed by atoms with E-state index in [9.17, 15) is 14.4 Å². The van der Waals surface area contributed by atoms with Crippen molar-refractivity contribution in [2.75, 3.05) is 24.6 Å². The van der Waals surface area contributed by atoms with Crippen LogP contribution in [0.2, 0.25) is 0 Å².